The van der Waals surface area contributed by atoms with Gasteiger partial charge >= 0.3 is 5.97 Å². The maximum atomic E-state index is 13.1. The SMILES string of the molecule is CC[C@H](CC[C@@H](C)C1CCC2C3CC=C4CC(OC(=O)CCCC(=O)N(CCCN)CCCCCCCCN)CCC4(C)C3CCC21C)C(C)C.Cl.Cl. The van der Waals surface area contributed by atoms with E-state index in [1.54, 1.807) is 5.57 Å². The van der Waals surface area contributed by atoms with Crippen molar-refractivity contribution in [1.82, 2.24) is 4.90 Å². The zero-order valence-corrected chi connectivity index (χ0v) is 36.6. The highest BCUT2D eigenvalue weighted by Gasteiger charge is 2.59. The van der Waals surface area contributed by atoms with E-state index < -0.39 is 0 Å². The lowest BCUT2D eigenvalue weighted by atomic mass is 9.47. The van der Waals surface area contributed by atoms with E-state index in [9.17, 15) is 9.59 Å². The highest BCUT2D eigenvalue weighted by molar-refractivity contribution is 5.85. The van der Waals surface area contributed by atoms with Crippen molar-refractivity contribution >= 4 is 36.7 Å². The van der Waals surface area contributed by atoms with Crippen molar-refractivity contribution in [2.45, 2.75) is 182 Å². The van der Waals surface area contributed by atoms with Crippen molar-refractivity contribution in [2.24, 2.45) is 63.7 Å². The first-order valence-electron chi connectivity index (χ1n) is 22.0. The molecule has 0 aromatic rings. The topological polar surface area (TPSA) is 98.7 Å². The molecule has 310 valence electrons. The molecule has 0 bridgehead atoms. The molecule has 6 nitrogen and oxygen atoms in total. The van der Waals surface area contributed by atoms with Gasteiger partial charge in [0.2, 0.25) is 5.91 Å². The van der Waals surface area contributed by atoms with Crippen molar-refractivity contribution in [2.75, 3.05) is 26.2 Å². The number of nitrogens with two attached hydrogens (primary N) is 2. The lowest BCUT2D eigenvalue weighted by Crippen LogP contribution is -2.51. The minimum Gasteiger partial charge on any atom is -0.462 e. The molecular formula is C45H83Cl2N3O3. The van der Waals surface area contributed by atoms with Crippen molar-refractivity contribution < 1.29 is 14.3 Å². The van der Waals surface area contributed by atoms with Crippen LogP contribution in [0.15, 0.2) is 11.6 Å². The molecule has 0 spiro atoms. The molecule has 4 rings (SSSR count). The first kappa shape index (κ1) is 48.3. The number of halogens is 2. The number of hydrogen-bond acceptors (Lipinski definition) is 5. The van der Waals surface area contributed by atoms with Gasteiger partial charge < -0.3 is 21.1 Å². The molecule has 1 amide bonds. The zero-order valence-electron chi connectivity index (χ0n) is 35.0. The zero-order chi connectivity index (χ0) is 37.0. The Balaban J connectivity index is 0.00000486. The number of fused-ring (bicyclic) bond motifs is 5. The molecule has 0 aliphatic heterocycles. The maximum absolute atomic E-state index is 13.1. The van der Waals surface area contributed by atoms with E-state index in [-0.39, 0.29) is 48.2 Å². The van der Waals surface area contributed by atoms with Gasteiger partial charge in [0, 0.05) is 32.4 Å². The Morgan fingerprint density at radius 1 is 0.830 bits per heavy atom. The third-order valence-corrected chi connectivity index (χ3v) is 15.2. The average Bonchev–Trinajstić information content (AvgIpc) is 3.46. The Bertz CT molecular complexity index is 1120. The fraction of sp³-hybridized carbons (Fsp3) is 0.911. The molecule has 3 fully saturated rings. The van der Waals surface area contributed by atoms with Crippen LogP contribution in [0.5, 0.6) is 0 Å². The molecule has 4 aliphatic rings. The Morgan fingerprint density at radius 2 is 1.51 bits per heavy atom. The molecule has 9 atom stereocenters. The molecule has 0 aromatic carbocycles. The highest BCUT2D eigenvalue weighted by atomic mass is 35.5. The van der Waals surface area contributed by atoms with Crippen LogP contribution < -0.4 is 11.5 Å². The molecule has 7 unspecified atom stereocenters. The smallest absolute Gasteiger partial charge is 0.306 e. The van der Waals surface area contributed by atoms with Gasteiger partial charge in [-0.3, -0.25) is 9.59 Å². The van der Waals surface area contributed by atoms with Gasteiger partial charge in [0.25, 0.3) is 0 Å². The van der Waals surface area contributed by atoms with Crippen LogP contribution in [0.3, 0.4) is 0 Å². The van der Waals surface area contributed by atoms with E-state index in [1.165, 1.54) is 70.6 Å². The standard InChI is InChI=1S/C45H81N3O3.2ClH/c1-7-35(33(2)3)19-18-34(4)39-22-23-40-38-21-20-36-32-37(24-26-44(36,5)41(38)25-27-45(39,40)6)51-43(50)17-14-16-42(49)48(31-15-29-47)30-13-11-9-8-10-12-28-46;;/h20,33-35,37-41H,7-19,21-32,46-47H2,1-6H3;2*1H/t34-,35-,37?,38?,39?,40?,41?,44?,45?;;/m1../s1. The van der Waals surface area contributed by atoms with Gasteiger partial charge in [0.1, 0.15) is 6.10 Å². The number of nitrogens with zero attached hydrogens (tertiary/aromatic N) is 1. The fourth-order valence-corrected chi connectivity index (χ4v) is 12.0. The van der Waals surface area contributed by atoms with E-state index in [0.29, 0.717) is 37.8 Å². The van der Waals surface area contributed by atoms with E-state index in [0.717, 1.165) is 99.5 Å². The summed E-state index contributed by atoms with van der Waals surface area (Å²) in [6.45, 7) is 17.9. The average molecular weight is 785 g/mol. The molecular weight excluding hydrogens is 701 g/mol. The number of allylic oxidation sites excluding steroid dienone is 1. The van der Waals surface area contributed by atoms with Gasteiger partial charge in [-0.25, -0.2) is 0 Å². The van der Waals surface area contributed by atoms with Gasteiger partial charge in [-0.05, 0) is 142 Å². The Hall–Kier alpha value is -0.820. The molecule has 0 heterocycles. The summed E-state index contributed by atoms with van der Waals surface area (Å²) in [6, 6.07) is 0. The lowest BCUT2D eigenvalue weighted by Gasteiger charge is -2.58. The first-order valence-corrected chi connectivity index (χ1v) is 22.0. The molecule has 3 saturated carbocycles. The predicted octanol–water partition coefficient (Wildman–Crippen LogP) is 11.1. The van der Waals surface area contributed by atoms with E-state index in [4.69, 9.17) is 16.2 Å². The van der Waals surface area contributed by atoms with Crippen LogP contribution in [0.4, 0.5) is 0 Å². The molecule has 0 saturated heterocycles. The molecule has 8 heteroatoms. The summed E-state index contributed by atoms with van der Waals surface area (Å²) in [5, 5.41) is 0. The second-order valence-corrected chi connectivity index (χ2v) is 18.6. The number of amides is 1. The number of rotatable bonds is 22. The Labute approximate surface area is 338 Å². The highest BCUT2D eigenvalue weighted by Crippen LogP contribution is 2.67. The van der Waals surface area contributed by atoms with E-state index in [2.05, 4.69) is 47.6 Å². The van der Waals surface area contributed by atoms with Gasteiger partial charge in [-0.2, -0.15) is 0 Å². The van der Waals surface area contributed by atoms with Gasteiger partial charge in [-0.1, -0.05) is 91.7 Å². The summed E-state index contributed by atoms with van der Waals surface area (Å²) in [5.74, 6) is 5.86. The number of carbonyl (C=O) groups excluding carboxylic acids is 2. The summed E-state index contributed by atoms with van der Waals surface area (Å²) in [5.41, 5.74) is 13.7. The summed E-state index contributed by atoms with van der Waals surface area (Å²) >= 11 is 0. The Kier molecular flexibility index (Phi) is 21.4. The van der Waals surface area contributed by atoms with E-state index >= 15 is 0 Å². The van der Waals surface area contributed by atoms with Gasteiger partial charge in [-0.15, -0.1) is 24.8 Å². The van der Waals surface area contributed by atoms with Crippen molar-refractivity contribution in [3.8, 4) is 0 Å². The number of carbonyl (C=O) groups is 2. The third-order valence-electron chi connectivity index (χ3n) is 15.2. The molecule has 0 aromatic heterocycles. The van der Waals surface area contributed by atoms with Crippen molar-refractivity contribution in [1.29, 1.82) is 0 Å². The first-order chi connectivity index (χ1) is 24.5. The van der Waals surface area contributed by atoms with Crippen LogP contribution in [0.2, 0.25) is 0 Å². The monoisotopic (exact) mass is 784 g/mol. The lowest BCUT2D eigenvalue weighted by molar-refractivity contribution is -0.151. The van der Waals surface area contributed by atoms with Crippen LogP contribution in [0.25, 0.3) is 0 Å². The Morgan fingerprint density at radius 3 is 2.19 bits per heavy atom. The summed E-state index contributed by atoms with van der Waals surface area (Å²) < 4.78 is 6.11. The van der Waals surface area contributed by atoms with Crippen LogP contribution >= 0.6 is 24.8 Å². The van der Waals surface area contributed by atoms with Gasteiger partial charge in [0.05, 0.1) is 0 Å². The van der Waals surface area contributed by atoms with Gasteiger partial charge in [0.15, 0.2) is 0 Å². The van der Waals surface area contributed by atoms with Crippen molar-refractivity contribution in [3.63, 3.8) is 0 Å². The number of esters is 1. The number of hydrogen-bond donors (Lipinski definition) is 2. The fourth-order valence-electron chi connectivity index (χ4n) is 12.0. The summed E-state index contributed by atoms with van der Waals surface area (Å²) in [7, 11) is 0. The van der Waals surface area contributed by atoms with E-state index in [1.807, 2.05) is 4.90 Å². The molecule has 0 radical (unpaired) electrons. The van der Waals surface area contributed by atoms with Crippen LogP contribution in [-0.2, 0) is 14.3 Å². The largest absolute Gasteiger partial charge is 0.462 e. The minimum absolute atomic E-state index is 0. The van der Waals surface area contributed by atoms with Crippen LogP contribution in [-0.4, -0.2) is 49.1 Å². The normalized spacial score (nSPS) is 30.1. The minimum atomic E-state index is -0.130. The summed E-state index contributed by atoms with van der Waals surface area (Å²) in [6.07, 6.45) is 25.5. The second kappa shape index (κ2) is 23.4. The third kappa shape index (κ3) is 12.6. The molecule has 4 N–H and O–H groups in total. The summed E-state index contributed by atoms with van der Waals surface area (Å²) in [4.78, 5) is 28.1. The predicted molar refractivity (Wildman–Crippen MR) is 227 cm³/mol. The number of ether oxygens (including phenoxy) is 1. The van der Waals surface area contributed by atoms with Crippen molar-refractivity contribution in [3.05, 3.63) is 11.6 Å². The quantitative estimate of drug-likeness (QED) is 0.0647. The maximum Gasteiger partial charge on any atom is 0.306 e. The molecule has 53 heavy (non-hydrogen) atoms. The molecule has 4 aliphatic carbocycles. The number of unbranched alkanes of at least 4 members (excludes halogenated alkanes) is 5. The second-order valence-electron chi connectivity index (χ2n) is 18.6. The van der Waals surface area contributed by atoms with Crippen LogP contribution in [0, 0.1) is 52.3 Å². The van der Waals surface area contributed by atoms with Crippen LogP contribution in [0.1, 0.15) is 176 Å².